The number of amides is 1. The highest BCUT2D eigenvalue weighted by molar-refractivity contribution is 7.92. The summed E-state index contributed by atoms with van der Waals surface area (Å²) in [5.74, 6) is 1.01. The Balaban J connectivity index is 1.65. The summed E-state index contributed by atoms with van der Waals surface area (Å²) in [4.78, 5) is 12.7. The maximum atomic E-state index is 12.7. The molecule has 0 aromatic heterocycles. The second-order valence-electron chi connectivity index (χ2n) is 8.59. The third-order valence-corrected chi connectivity index (χ3v) is 6.64. The van der Waals surface area contributed by atoms with E-state index in [1.54, 1.807) is 31.4 Å². The Kier molecular flexibility index (Phi) is 8.40. The summed E-state index contributed by atoms with van der Waals surface area (Å²) < 4.78 is 37.5. The molecule has 0 unspecified atom stereocenters. The summed E-state index contributed by atoms with van der Waals surface area (Å²) in [6, 6.07) is 19.8. The van der Waals surface area contributed by atoms with Crippen molar-refractivity contribution < 1.29 is 22.7 Å². The molecule has 0 heterocycles. The topological polar surface area (TPSA) is 84.9 Å². The Morgan fingerprint density at radius 2 is 1.66 bits per heavy atom. The fourth-order valence-electron chi connectivity index (χ4n) is 3.60. The molecule has 0 fully saturated rings. The van der Waals surface area contributed by atoms with Crippen molar-refractivity contribution in [1.29, 1.82) is 0 Å². The molecule has 0 aliphatic heterocycles. The Morgan fingerprint density at radius 1 is 1.00 bits per heavy atom. The highest BCUT2D eigenvalue weighted by Gasteiger charge is 2.20. The van der Waals surface area contributed by atoms with Crippen LogP contribution in [0.25, 0.3) is 0 Å². The van der Waals surface area contributed by atoms with Gasteiger partial charge in [-0.05, 0) is 67.8 Å². The van der Waals surface area contributed by atoms with E-state index in [2.05, 4.69) is 5.32 Å². The number of rotatable bonds is 10. The molecule has 3 rings (SSSR count). The second-order valence-corrected chi connectivity index (χ2v) is 10.5. The molecular formula is C27H32N2O5S. The largest absolute Gasteiger partial charge is 0.493 e. The van der Waals surface area contributed by atoms with E-state index in [9.17, 15) is 13.2 Å². The smallest absolute Gasteiger partial charge is 0.251 e. The van der Waals surface area contributed by atoms with Gasteiger partial charge < -0.3 is 14.8 Å². The summed E-state index contributed by atoms with van der Waals surface area (Å²) in [5, 5.41) is 2.92. The molecule has 8 heteroatoms. The van der Waals surface area contributed by atoms with E-state index in [1.165, 1.54) is 10.6 Å². The Labute approximate surface area is 207 Å². The van der Waals surface area contributed by atoms with E-state index < -0.39 is 10.0 Å². The lowest BCUT2D eigenvalue weighted by atomic mass is 10.1. The number of aryl methyl sites for hydroxylation is 2. The third kappa shape index (κ3) is 6.99. The molecule has 0 saturated heterocycles. The van der Waals surface area contributed by atoms with E-state index >= 15 is 0 Å². The van der Waals surface area contributed by atoms with Crippen LogP contribution in [0.5, 0.6) is 11.5 Å². The van der Waals surface area contributed by atoms with Crippen molar-refractivity contribution in [2.24, 2.45) is 0 Å². The minimum absolute atomic E-state index is 0.175. The van der Waals surface area contributed by atoms with Crippen LogP contribution in [-0.2, 0) is 16.6 Å². The minimum atomic E-state index is -3.50. The molecule has 0 aliphatic carbocycles. The fourth-order valence-corrected chi connectivity index (χ4v) is 4.54. The molecule has 1 atom stereocenters. The number of methoxy groups -OCH3 is 1. The maximum absolute atomic E-state index is 12.7. The summed E-state index contributed by atoms with van der Waals surface area (Å²) in [6.45, 7) is 6.13. The first-order valence-electron chi connectivity index (χ1n) is 11.3. The Morgan fingerprint density at radius 3 is 2.29 bits per heavy atom. The number of hydrogen-bond donors (Lipinski definition) is 1. The van der Waals surface area contributed by atoms with Crippen LogP contribution in [0.1, 0.15) is 34.0 Å². The van der Waals surface area contributed by atoms with Gasteiger partial charge in [-0.2, -0.15) is 0 Å². The maximum Gasteiger partial charge on any atom is 0.251 e. The highest BCUT2D eigenvalue weighted by atomic mass is 32.2. The summed E-state index contributed by atoms with van der Waals surface area (Å²) >= 11 is 0. The number of para-hydroxylation sites is 2. The molecule has 7 nitrogen and oxygen atoms in total. The van der Waals surface area contributed by atoms with Gasteiger partial charge in [0.1, 0.15) is 6.61 Å². The fraction of sp³-hybridized carbons (Fsp3) is 0.296. The van der Waals surface area contributed by atoms with Gasteiger partial charge in [-0.1, -0.05) is 36.4 Å². The predicted molar refractivity (Wildman–Crippen MR) is 139 cm³/mol. The van der Waals surface area contributed by atoms with Crippen LogP contribution in [-0.4, -0.2) is 40.3 Å². The molecular weight excluding hydrogens is 464 g/mol. The zero-order chi connectivity index (χ0) is 25.6. The zero-order valence-electron chi connectivity index (χ0n) is 20.7. The molecule has 0 bridgehead atoms. The molecule has 3 aromatic carbocycles. The van der Waals surface area contributed by atoms with Gasteiger partial charge >= 0.3 is 0 Å². The Bertz CT molecular complexity index is 1270. The molecule has 35 heavy (non-hydrogen) atoms. The monoisotopic (exact) mass is 496 g/mol. The lowest BCUT2D eigenvalue weighted by Crippen LogP contribution is -2.36. The van der Waals surface area contributed by atoms with Gasteiger partial charge in [0.25, 0.3) is 5.91 Å². The number of ether oxygens (including phenoxy) is 2. The lowest BCUT2D eigenvalue weighted by Gasteiger charge is -2.25. The summed E-state index contributed by atoms with van der Waals surface area (Å²) in [6.07, 6.45) is 1.20. The van der Waals surface area contributed by atoms with Crippen LogP contribution in [0.3, 0.4) is 0 Å². The average molecular weight is 497 g/mol. The molecule has 0 radical (unpaired) electrons. The lowest BCUT2D eigenvalue weighted by molar-refractivity contribution is 0.0926. The zero-order valence-corrected chi connectivity index (χ0v) is 21.6. The van der Waals surface area contributed by atoms with Crippen molar-refractivity contribution in [3.05, 3.63) is 89.0 Å². The average Bonchev–Trinajstić information content (AvgIpc) is 2.82. The van der Waals surface area contributed by atoms with Gasteiger partial charge in [-0.25, -0.2) is 8.42 Å². The van der Waals surface area contributed by atoms with Gasteiger partial charge in [-0.15, -0.1) is 0 Å². The van der Waals surface area contributed by atoms with Gasteiger partial charge in [-0.3, -0.25) is 9.10 Å². The summed E-state index contributed by atoms with van der Waals surface area (Å²) in [5.41, 5.74) is 3.77. The second kappa shape index (κ2) is 11.3. The molecule has 0 saturated carbocycles. The van der Waals surface area contributed by atoms with Crippen LogP contribution in [0.15, 0.2) is 66.7 Å². The van der Waals surface area contributed by atoms with Crippen LogP contribution in [0.4, 0.5) is 5.69 Å². The predicted octanol–water partition coefficient (Wildman–Crippen LogP) is 4.48. The number of nitrogens with zero attached hydrogens (tertiary/aromatic N) is 1. The van der Waals surface area contributed by atoms with Crippen molar-refractivity contribution in [2.75, 3.05) is 24.3 Å². The minimum Gasteiger partial charge on any atom is -0.493 e. The van der Waals surface area contributed by atoms with Gasteiger partial charge in [0, 0.05) is 5.56 Å². The van der Waals surface area contributed by atoms with Crippen molar-refractivity contribution >= 4 is 21.6 Å². The molecule has 186 valence electrons. The van der Waals surface area contributed by atoms with E-state index in [0.29, 0.717) is 22.7 Å². The summed E-state index contributed by atoms with van der Waals surface area (Å²) in [7, 11) is -1.92. The standard InChI is InChI=1S/C27H32N2O5S/c1-19-10-11-20(2)24(16-19)29(35(5,31)32)17-22-12-14-23(15-13-22)27(30)28-21(3)18-34-26-9-7-6-8-25(26)33-4/h6-16,21H,17-18H2,1-5H3,(H,28,30)/t21-/m0/s1. The number of anilines is 1. The van der Waals surface area contributed by atoms with Crippen LogP contribution >= 0.6 is 0 Å². The van der Waals surface area contributed by atoms with Gasteiger partial charge in [0.05, 0.1) is 31.6 Å². The van der Waals surface area contributed by atoms with Gasteiger partial charge in [0.15, 0.2) is 11.5 Å². The van der Waals surface area contributed by atoms with Crippen LogP contribution in [0, 0.1) is 13.8 Å². The van der Waals surface area contributed by atoms with E-state index in [-0.39, 0.29) is 25.1 Å². The van der Waals surface area contributed by atoms with Crippen LogP contribution < -0.4 is 19.1 Å². The highest BCUT2D eigenvalue weighted by Crippen LogP contribution is 2.27. The van der Waals surface area contributed by atoms with E-state index in [0.717, 1.165) is 16.7 Å². The number of hydrogen-bond acceptors (Lipinski definition) is 5. The molecule has 0 aliphatic rings. The normalized spacial score (nSPS) is 12.0. The molecule has 1 amide bonds. The first-order valence-corrected chi connectivity index (χ1v) is 13.1. The van der Waals surface area contributed by atoms with E-state index in [4.69, 9.17) is 9.47 Å². The first-order chi connectivity index (χ1) is 16.6. The SMILES string of the molecule is COc1ccccc1OC[C@H](C)NC(=O)c1ccc(CN(c2cc(C)ccc2C)S(C)(=O)=O)cc1. The van der Waals surface area contributed by atoms with E-state index in [1.807, 2.05) is 63.2 Å². The third-order valence-electron chi connectivity index (χ3n) is 5.51. The number of benzene rings is 3. The van der Waals surface area contributed by atoms with Gasteiger partial charge in [0.2, 0.25) is 10.0 Å². The molecule has 1 N–H and O–H groups in total. The van der Waals surface area contributed by atoms with Crippen molar-refractivity contribution in [3.8, 4) is 11.5 Å². The Hall–Kier alpha value is -3.52. The number of carbonyl (C=O) groups is 1. The van der Waals surface area contributed by atoms with Crippen molar-refractivity contribution in [1.82, 2.24) is 5.32 Å². The van der Waals surface area contributed by atoms with Crippen molar-refractivity contribution in [2.45, 2.75) is 33.4 Å². The quantitative estimate of drug-likeness (QED) is 0.448. The van der Waals surface area contributed by atoms with Crippen molar-refractivity contribution in [3.63, 3.8) is 0 Å². The molecule has 3 aromatic rings. The number of carbonyl (C=O) groups excluding carboxylic acids is 1. The molecule has 0 spiro atoms. The number of nitrogens with one attached hydrogen (secondary N) is 1. The number of sulfonamides is 1. The first kappa shape index (κ1) is 26.1. The van der Waals surface area contributed by atoms with Crippen LogP contribution in [0.2, 0.25) is 0 Å².